The van der Waals surface area contributed by atoms with E-state index in [9.17, 15) is 8.53 Å². The van der Waals surface area contributed by atoms with Gasteiger partial charge >= 0.3 is 91.0 Å². The molecule has 1 aromatic rings. The molecule has 0 bridgehead atoms. The fourth-order valence-corrected chi connectivity index (χ4v) is 1.51. The fourth-order valence-electron chi connectivity index (χ4n) is 0.800. The summed E-state index contributed by atoms with van der Waals surface area (Å²) in [6, 6.07) is 6.97. The fraction of sp³-hybridized carbons (Fsp3) is 0.125. The van der Waals surface area contributed by atoms with Crippen molar-refractivity contribution in [2.24, 2.45) is 0 Å². The van der Waals surface area contributed by atoms with Crippen LogP contribution in [0.25, 0.3) is 0 Å². The van der Waals surface area contributed by atoms with Gasteiger partial charge in [0.1, 0.15) is 0 Å². The Morgan fingerprint density at radius 1 is 1.36 bits per heavy atom. The standard InChI is InChI=1S/C8H7AsBrNO2.H2O/c10-5-8(12)11-7-3-1-6(9-13)2-4-7;/h1-4H,5H2,(H,11,12);1H2. The molecule has 0 unspecified atom stereocenters. The molecule has 0 aliphatic rings. The van der Waals surface area contributed by atoms with Gasteiger partial charge < -0.3 is 5.48 Å². The molecular formula is C8H9AsBrNO3. The van der Waals surface area contributed by atoms with Crippen molar-refractivity contribution in [3.05, 3.63) is 24.3 Å². The molecule has 0 aromatic heterocycles. The summed E-state index contributed by atoms with van der Waals surface area (Å²) in [4.78, 5) is 10.9. The van der Waals surface area contributed by atoms with Crippen molar-refractivity contribution in [2.45, 2.75) is 0 Å². The normalized spacial score (nSPS) is 9.21. The topological polar surface area (TPSA) is 77.7 Å². The molecule has 0 aliphatic heterocycles. The van der Waals surface area contributed by atoms with E-state index < -0.39 is 15.7 Å². The maximum atomic E-state index is 10.9. The Bertz CT molecular complexity index is 315. The van der Waals surface area contributed by atoms with Crippen molar-refractivity contribution in [3.63, 3.8) is 0 Å². The quantitative estimate of drug-likeness (QED) is 0.622. The Labute approximate surface area is 96.4 Å². The van der Waals surface area contributed by atoms with Gasteiger partial charge in [-0.2, -0.15) is 0 Å². The monoisotopic (exact) mass is 321 g/mol. The number of hydrogen-bond donors (Lipinski definition) is 1. The SMILES string of the molecule is O.O=[As]c1ccc(NC(=O)CBr)cc1. The molecule has 14 heavy (non-hydrogen) atoms. The van der Waals surface area contributed by atoms with Crippen LogP contribution in [0.1, 0.15) is 0 Å². The van der Waals surface area contributed by atoms with Gasteiger partial charge in [0.05, 0.1) is 0 Å². The summed E-state index contributed by atoms with van der Waals surface area (Å²) in [6.45, 7) is 0. The van der Waals surface area contributed by atoms with Crippen LogP contribution in [0.2, 0.25) is 0 Å². The number of hydrogen-bond acceptors (Lipinski definition) is 2. The summed E-state index contributed by atoms with van der Waals surface area (Å²) in [5.74, 6) is -0.0943. The van der Waals surface area contributed by atoms with Crippen molar-refractivity contribution in [2.75, 3.05) is 10.6 Å². The Morgan fingerprint density at radius 3 is 2.36 bits per heavy atom. The van der Waals surface area contributed by atoms with E-state index >= 15 is 0 Å². The van der Waals surface area contributed by atoms with Crippen molar-refractivity contribution in [1.29, 1.82) is 0 Å². The molecule has 76 valence electrons. The van der Waals surface area contributed by atoms with Crippen LogP contribution >= 0.6 is 15.9 Å². The number of halogens is 1. The van der Waals surface area contributed by atoms with Gasteiger partial charge in [-0.25, -0.2) is 0 Å². The van der Waals surface area contributed by atoms with Gasteiger partial charge in [0.25, 0.3) is 0 Å². The van der Waals surface area contributed by atoms with Crippen LogP contribution in [0.4, 0.5) is 5.69 Å². The van der Waals surface area contributed by atoms with Gasteiger partial charge in [-0.3, -0.25) is 0 Å². The van der Waals surface area contributed by atoms with Gasteiger partial charge in [-0.1, -0.05) is 0 Å². The minimum atomic E-state index is -0.972. The number of alkyl halides is 1. The Kier molecular flexibility index (Phi) is 6.62. The van der Waals surface area contributed by atoms with Crippen LogP contribution in [-0.2, 0) is 8.53 Å². The number of amides is 1. The zero-order valence-electron chi connectivity index (χ0n) is 7.16. The zero-order chi connectivity index (χ0) is 9.68. The summed E-state index contributed by atoms with van der Waals surface area (Å²) >= 11 is 2.07. The third kappa shape index (κ3) is 4.13. The van der Waals surface area contributed by atoms with Crippen LogP contribution in [0.3, 0.4) is 0 Å². The van der Waals surface area contributed by atoms with Gasteiger partial charge in [-0.15, -0.1) is 0 Å². The van der Waals surface area contributed by atoms with E-state index in [1.165, 1.54) is 0 Å². The molecule has 3 N–H and O–H groups in total. The van der Waals surface area contributed by atoms with Gasteiger partial charge in [0.15, 0.2) is 0 Å². The van der Waals surface area contributed by atoms with Crippen LogP contribution in [0.5, 0.6) is 0 Å². The molecule has 0 radical (unpaired) electrons. The summed E-state index contributed by atoms with van der Waals surface area (Å²) in [6.07, 6.45) is 0. The van der Waals surface area contributed by atoms with Crippen LogP contribution in [0, 0.1) is 0 Å². The Hall–Kier alpha value is -0.512. The summed E-state index contributed by atoms with van der Waals surface area (Å²) in [7, 11) is 0. The third-order valence-corrected chi connectivity index (χ3v) is 2.95. The average Bonchev–Trinajstić information content (AvgIpc) is 2.19. The molecule has 1 rings (SSSR count). The number of anilines is 1. The second kappa shape index (κ2) is 6.87. The zero-order valence-corrected chi connectivity index (χ0v) is 10.6. The molecule has 1 aromatic carbocycles. The van der Waals surface area contributed by atoms with E-state index in [1.807, 2.05) is 0 Å². The van der Waals surface area contributed by atoms with Crippen LogP contribution in [-0.4, -0.2) is 32.4 Å². The first kappa shape index (κ1) is 13.5. The van der Waals surface area contributed by atoms with E-state index in [4.69, 9.17) is 0 Å². The van der Waals surface area contributed by atoms with Crippen molar-refractivity contribution >= 4 is 47.6 Å². The molecule has 0 heterocycles. The van der Waals surface area contributed by atoms with E-state index in [1.54, 1.807) is 24.3 Å². The molecular weight excluding hydrogens is 313 g/mol. The van der Waals surface area contributed by atoms with Crippen molar-refractivity contribution in [1.82, 2.24) is 0 Å². The molecule has 4 nitrogen and oxygen atoms in total. The van der Waals surface area contributed by atoms with Crippen molar-refractivity contribution < 1.29 is 14.0 Å². The third-order valence-electron chi connectivity index (χ3n) is 1.38. The van der Waals surface area contributed by atoms with Gasteiger partial charge in [-0.05, 0) is 0 Å². The molecule has 0 saturated heterocycles. The maximum absolute atomic E-state index is 10.9. The predicted octanol–water partition coefficient (Wildman–Crippen LogP) is -0.130. The van der Waals surface area contributed by atoms with Gasteiger partial charge in [0.2, 0.25) is 0 Å². The molecule has 0 spiro atoms. The van der Waals surface area contributed by atoms with Gasteiger partial charge in [0, 0.05) is 0 Å². The van der Waals surface area contributed by atoms with Crippen LogP contribution < -0.4 is 9.67 Å². The molecule has 0 saturated carbocycles. The molecule has 0 fully saturated rings. The first-order valence-electron chi connectivity index (χ1n) is 3.55. The van der Waals surface area contributed by atoms with E-state index in [2.05, 4.69) is 21.2 Å². The summed E-state index contributed by atoms with van der Waals surface area (Å²) in [5, 5.41) is 2.95. The predicted molar refractivity (Wildman–Crippen MR) is 58.6 cm³/mol. The average molecular weight is 322 g/mol. The first-order valence-corrected chi connectivity index (χ1v) is 6.38. The molecule has 0 atom stereocenters. The molecule has 1 amide bonds. The van der Waals surface area contributed by atoms with E-state index in [0.29, 0.717) is 0 Å². The summed E-state index contributed by atoms with van der Waals surface area (Å²) in [5.41, 5.74) is 0.725. The summed E-state index contributed by atoms with van der Waals surface area (Å²) < 4.78 is 11.3. The Balaban J connectivity index is 0.00000169. The number of benzene rings is 1. The second-order valence-electron chi connectivity index (χ2n) is 2.32. The van der Waals surface area contributed by atoms with E-state index in [-0.39, 0.29) is 16.7 Å². The number of rotatable bonds is 3. The van der Waals surface area contributed by atoms with Crippen LogP contribution in [0.15, 0.2) is 24.3 Å². The second-order valence-corrected chi connectivity index (χ2v) is 4.35. The Morgan fingerprint density at radius 2 is 1.93 bits per heavy atom. The number of nitrogens with one attached hydrogen (secondary N) is 1. The molecule has 6 heteroatoms. The first-order chi connectivity index (χ1) is 6.26. The minimum absolute atomic E-state index is 0. The number of carbonyl (C=O) groups is 1. The molecule has 0 aliphatic carbocycles. The van der Waals surface area contributed by atoms with E-state index in [0.717, 1.165) is 10.0 Å². The van der Waals surface area contributed by atoms with Crippen molar-refractivity contribution in [3.8, 4) is 0 Å². The number of carbonyl (C=O) groups excluding carboxylic acids is 1.